The van der Waals surface area contributed by atoms with E-state index in [9.17, 15) is 13.6 Å². The minimum atomic E-state index is -0.850. The van der Waals surface area contributed by atoms with Crippen LogP contribution in [0.4, 0.5) is 8.78 Å². The number of aliphatic imine (C=N–C) groups is 1. The molecule has 0 bridgehead atoms. The first-order valence-corrected chi connectivity index (χ1v) is 7.36. The molecule has 0 aromatic heterocycles. The Bertz CT molecular complexity index is 917. The number of hydrogen-bond donors (Lipinski definition) is 0. The Morgan fingerprint density at radius 1 is 1.16 bits per heavy atom. The van der Waals surface area contributed by atoms with Crippen LogP contribution in [0.2, 0.25) is 0 Å². The van der Waals surface area contributed by atoms with Crippen molar-refractivity contribution in [1.82, 2.24) is 0 Å². The number of allylic oxidation sites excluding steroid dienone is 2. The third kappa shape index (κ3) is 3.63. The van der Waals surface area contributed by atoms with Crippen molar-refractivity contribution in [3.8, 4) is 5.75 Å². The van der Waals surface area contributed by atoms with Crippen molar-refractivity contribution in [2.75, 3.05) is 7.11 Å². The molecule has 0 fully saturated rings. The second kappa shape index (κ2) is 7.09. The first kappa shape index (κ1) is 16.6. The highest BCUT2D eigenvalue weighted by molar-refractivity contribution is 6.11. The van der Waals surface area contributed by atoms with E-state index in [4.69, 9.17) is 9.47 Å². The summed E-state index contributed by atoms with van der Waals surface area (Å²) in [6, 6.07) is 10.3. The van der Waals surface area contributed by atoms with Crippen LogP contribution in [-0.2, 0) is 9.53 Å². The molecule has 25 heavy (non-hydrogen) atoms. The minimum absolute atomic E-state index is 0.0184. The average molecular weight is 341 g/mol. The van der Waals surface area contributed by atoms with Crippen LogP contribution in [0.1, 0.15) is 11.1 Å². The van der Waals surface area contributed by atoms with Gasteiger partial charge >= 0.3 is 5.97 Å². The molecule has 0 aliphatic carbocycles. The second-order valence-corrected chi connectivity index (χ2v) is 5.08. The predicted molar refractivity (Wildman–Crippen MR) is 89.1 cm³/mol. The van der Waals surface area contributed by atoms with Crippen LogP contribution in [0.15, 0.2) is 65.3 Å². The zero-order valence-corrected chi connectivity index (χ0v) is 13.2. The SMILES string of the molecule is COc1ccccc1/C=C/C=C1\N=C(c2ccc(F)cc2F)OC1=O. The first-order valence-electron chi connectivity index (χ1n) is 7.36. The number of nitrogens with zero attached hydrogens (tertiary/aromatic N) is 1. The minimum Gasteiger partial charge on any atom is -0.496 e. The van der Waals surface area contributed by atoms with Crippen molar-refractivity contribution in [3.63, 3.8) is 0 Å². The monoisotopic (exact) mass is 341 g/mol. The average Bonchev–Trinajstić information content (AvgIpc) is 2.96. The van der Waals surface area contributed by atoms with Gasteiger partial charge in [0.1, 0.15) is 17.4 Å². The number of carbonyl (C=O) groups is 1. The van der Waals surface area contributed by atoms with Gasteiger partial charge in [0.25, 0.3) is 0 Å². The third-order valence-electron chi connectivity index (χ3n) is 3.45. The van der Waals surface area contributed by atoms with Crippen LogP contribution in [0.5, 0.6) is 5.75 Å². The van der Waals surface area contributed by atoms with Crippen LogP contribution in [0.3, 0.4) is 0 Å². The largest absolute Gasteiger partial charge is 0.496 e. The number of rotatable bonds is 4. The molecule has 0 N–H and O–H groups in total. The summed E-state index contributed by atoms with van der Waals surface area (Å²) in [7, 11) is 1.56. The molecule has 3 rings (SSSR count). The molecule has 0 saturated carbocycles. The fourth-order valence-corrected chi connectivity index (χ4v) is 2.25. The van der Waals surface area contributed by atoms with Gasteiger partial charge in [0, 0.05) is 11.6 Å². The molecule has 0 radical (unpaired) electrons. The van der Waals surface area contributed by atoms with Gasteiger partial charge in [0.2, 0.25) is 5.90 Å². The van der Waals surface area contributed by atoms with Crippen LogP contribution < -0.4 is 4.74 Å². The molecule has 6 heteroatoms. The number of cyclic esters (lactones) is 1. The number of esters is 1. The fraction of sp³-hybridized carbons (Fsp3) is 0.0526. The lowest BCUT2D eigenvalue weighted by atomic mass is 10.2. The van der Waals surface area contributed by atoms with E-state index in [1.807, 2.05) is 24.3 Å². The Hall–Kier alpha value is -3.28. The molecule has 1 aliphatic rings. The molecule has 2 aromatic carbocycles. The summed E-state index contributed by atoms with van der Waals surface area (Å²) in [4.78, 5) is 15.8. The second-order valence-electron chi connectivity index (χ2n) is 5.08. The number of para-hydroxylation sites is 1. The van der Waals surface area contributed by atoms with E-state index in [1.165, 1.54) is 12.1 Å². The highest BCUT2D eigenvalue weighted by atomic mass is 19.1. The van der Waals surface area contributed by atoms with Crippen molar-refractivity contribution in [2.45, 2.75) is 0 Å². The summed E-state index contributed by atoms with van der Waals surface area (Å²) in [6.07, 6.45) is 4.80. The Morgan fingerprint density at radius 2 is 1.96 bits per heavy atom. The van der Waals surface area contributed by atoms with E-state index in [0.29, 0.717) is 11.8 Å². The molecule has 0 amide bonds. The lowest BCUT2D eigenvalue weighted by molar-refractivity contribution is -0.130. The summed E-state index contributed by atoms with van der Waals surface area (Å²) < 4.78 is 36.9. The summed E-state index contributed by atoms with van der Waals surface area (Å²) in [5.74, 6) is -1.79. The topological polar surface area (TPSA) is 47.9 Å². The summed E-state index contributed by atoms with van der Waals surface area (Å²) in [6.45, 7) is 0. The Balaban J connectivity index is 1.85. The third-order valence-corrected chi connectivity index (χ3v) is 3.45. The predicted octanol–water partition coefficient (Wildman–Crippen LogP) is 3.87. The molecule has 126 valence electrons. The lowest BCUT2D eigenvalue weighted by Gasteiger charge is -2.02. The summed E-state index contributed by atoms with van der Waals surface area (Å²) in [5, 5.41) is 0. The summed E-state index contributed by atoms with van der Waals surface area (Å²) >= 11 is 0. The van der Waals surface area contributed by atoms with Crippen molar-refractivity contribution in [1.29, 1.82) is 0 Å². The van der Waals surface area contributed by atoms with E-state index in [1.54, 1.807) is 19.3 Å². The van der Waals surface area contributed by atoms with Crippen LogP contribution in [0.25, 0.3) is 6.08 Å². The van der Waals surface area contributed by atoms with Crippen molar-refractivity contribution in [2.24, 2.45) is 4.99 Å². The molecule has 0 saturated heterocycles. The zero-order valence-electron chi connectivity index (χ0n) is 13.2. The van der Waals surface area contributed by atoms with Gasteiger partial charge in [-0.1, -0.05) is 30.4 Å². The van der Waals surface area contributed by atoms with Crippen LogP contribution in [0, 0.1) is 11.6 Å². The molecule has 0 atom stereocenters. The van der Waals surface area contributed by atoms with Crippen molar-refractivity contribution >= 4 is 17.9 Å². The van der Waals surface area contributed by atoms with Crippen molar-refractivity contribution in [3.05, 3.63) is 83.1 Å². The smallest absolute Gasteiger partial charge is 0.363 e. The maximum atomic E-state index is 13.8. The quantitative estimate of drug-likeness (QED) is 0.626. The standard InChI is InChI=1S/C19H13F2NO3/c1-24-17-8-3-2-5-12(17)6-4-7-16-19(23)25-18(22-16)14-10-9-13(20)11-15(14)21/h2-11H,1H3/b6-4+,16-7-. The number of hydrogen-bond acceptors (Lipinski definition) is 4. The molecule has 0 unspecified atom stereocenters. The Morgan fingerprint density at radius 3 is 2.72 bits per heavy atom. The zero-order chi connectivity index (χ0) is 17.8. The number of benzene rings is 2. The van der Waals surface area contributed by atoms with Gasteiger partial charge in [-0.3, -0.25) is 0 Å². The molecule has 0 spiro atoms. The lowest BCUT2D eigenvalue weighted by Crippen LogP contribution is -2.07. The molecule has 1 heterocycles. The molecule has 4 nitrogen and oxygen atoms in total. The maximum absolute atomic E-state index is 13.8. The van der Waals surface area contributed by atoms with E-state index in [0.717, 1.165) is 11.6 Å². The molecular formula is C19H13F2NO3. The Kier molecular flexibility index (Phi) is 4.70. The maximum Gasteiger partial charge on any atom is 0.363 e. The molecular weight excluding hydrogens is 328 g/mol. The van der Waals surface area contributed by atoms with E-state index >= 15 is 0 Å². The normalized spacial score (nSPS) is 15.6. The first-order chi connectivity index (χ1) is 12.1. The van der Waals surface area contributed by atoms with Gasteiger partial charge in [-0.25, -0.2) is 18.6 Å². The van der Waals surface area contributed by atoms with Crippen LogP contribution in [-0.4, -0.2) is 19.0 Å². The summed E-state index contributed by atoms with van der Waals surface area (Å²) in [5.41, 5.74) is 0.763. The van der Waals surface area contributed by atoms with Gasteiger partial charge in [-0.2, -0.15) is 0 Å². The van der Waals surface area contributed by atoms with Gasteiger partial charge in [-0.05, 0) is 24.3 Å². The molecule has 1 aliphatic heterocycles. The van der Waals surface area contributed by atoms with Crippen molar-refractivity contribution < 1.29 is 23.0 Å². The highest BCUT2D eigenvalue weighted by Crippen LogP contribution is 2.21. The van der Waals surface area contributed by atoms with Crippen LogP contribution >= 0.6 is 0 Å². The van der Waals surface area contributed by atoms with E-state index < -0.39 is 17.6 Å². The van der Waals surface area contributed by atoms with Gasteiger partial charge < -0.3 is 9.47 Å². The van der Waals surface area contributed by atoms with E-state index in [-0.39, 0.29) is 17.2 Å². The highest BCUT2D eigenvalue weighted by Gasteiger charge is 2.25. The molecule has 2 aromatic rings. The number of carbonyl (C=O) groups excluding carboxylic acids is 1. The fourth-order valence-electron chi connectivity index (χ4n) is 2.25. The number of halogens is 2. The van der Waals surface area contributed by atoms with Gasteiger partial charge in [0.05, 0.1) is 12.7 Å². The van der Waals surface area contributed by atoms with Gasteiger partial charge in [0.15, 0.2) is 5.70 Å². The van der Waals surface area contributed by atoms with E-state index in [2.05, 4.69) is 4.99 Å². The number of ether oxygens (including phenoxy) is 2. The number of methoxy groups -OCH3 is 1. The Labute approximate surface area is 142 Å². The van der Waals surface area contributed by atoms with Gasteiger partial charge in [-0.15, -0.1) is 0 Å².